The average molecular weight is 355 g/mol. The van der Waals surface area contributed by atoms with Gasteiger partial charge in [0, 0.05) is 16.2 Å². The second-order valence-electron chi connectivity index (χ2n) is 5.03. The van der Waals surface area contributed by atoms with Crippen molar-refractivity contribution in [2.45, 2.75) is 19.3 Å². The topological polar surface area (TPSA) is 59.9 Å². The van der Waals surface area contributed by atoms with E-state index in [-0.39, 0.29) is 11.4 Å². The van der Waals surface area contributed by atoms with Gasteiger partial charge in [-0.25, -0.2) is 9.89 Å². The fourth-order valence-electron chi connectivity index (χ4n) is 2.16. The smallest absolute Gasteiger partial charge is 0.406 e. The van der Waals surface area contributed by atoms with Crippen molar-refractivity contribution >= 4 is 11.3 Å². The number of hydrogen-bond donors (Lipinski definition) is 1. The summed E-state index contributed by atoms with van der Waals surface area (Å²) in [7, 11) is 0. The van der Waals surface area contributed by atoms with Crippen LogP contribution in [-0.2, 0) is 13.0 Å². The summed E-state index contributed by atoms with van der Waals surface area (Å²) in [5, 5.41) is 5.99. The van der Waals surface area contributed by atoms with E-state index in [1.54, 1.807) is 12.1 Å². The zero-order valence-electron chi connectivity index (χ0n) is 12.2. The molecular weight excluding hydrogens is 343 g/mol. The molecule has 0 aliphatic carbocycles. The number of aromatic nitrogens is 3. The number of ether oxygens (including phenoxy) is 1. The fraction of sp³-hybridized carbons (Fsp3) is 0.200. The van der Waals surface area contributed by atoms with Crippen LogP contribution in [0.15, 0.2) is 47.5 Å². The monoisotopic (exact) mass is 355 g/mol. The highest BCUT2D eigenvalue weighted by Gasteiger charge is 2.30. The molecule has 3 rings (SSSR count). The lowest BCUT2D eigenvalue weighted by Crippen LogP contribution is -2.17. The molecule has 0 saturated carbocycles. The van der Waals surface area contributed by atoms with Gasteiger partial charge in [-0.05, 0) is 29.8 Å². The molecule has 0 spiro atoms. The molecule has 2 aromatic heterocycles. The van der Waals surface area contributed by atoms with Crippen LogP contribution in [0, 0.1) is 0 Å². The largest absolute Gasteiger partial charge is 0.573 e. The minimum atomic E-state index is -4.69. The highest BCUT2D eigenvalue weighted by molar-refractivity contribution is 7.12. The Balaban J connectivity index is 1.64. The standard InChI is InChI=1S/C15H12F3N3O2S/c16-15(17,18)23-11-3-1-10(2-4-11)7-12-5-6-13(24-12)8-21-9-19-20-14(21)22/h1-6,9H,7-8H2,(H,20,22). The van der Waals surface area contributed by atoms with Crippen molar-refractivity contribution in [1.29, 1.82) is 0 Å². The van der Waals surface area contributed by atoms with Crippen LogP contribution in [0.1, 0.15) is 15.3 Å². The molecule has 0 saturated heterocycles. The van der Waals surface area contributed by atoms with Gasteiger partial charge in [0.25, 0.3) is 0 Å². The van der Waals surface area contributed by atoms with Crippen molar-refractivity contribution in [2.75, 3.05) is 0 Å². The third-order valence-electron chi connectivity index (χ3n) is 3.20. The normalized spacial score (nSPS) is 11.6. The third kappa shape index (κ3) is 4.25. The first-order valence-corrected chi connectivity index (χ1v) is 7.73. The summed E-state index contributed by atoms with van der Waals surface area (Å²) in [6, 6.07) is 9.64. The molecule has 0 bridgehead atoms. The lowest BCUT2D eigenvalue weighted by atomic mass is 10.1. The number of hydrogen-bond acceptors (Lipinski definition) is 4. The van der Waals surface area contributed by atoms with Crippen LogP contribution in [0.5, 0.6) is 5.75 Å². The van der Waals surface area contributed by atoms with Crippen molar-refractivity contribution in [3.63, 3.8) is 0 Å². The van der Waals surface area contributed by atoms with Crippen molar-refractivity contribution in [3.05, 3.63) is 68.5 Å². The van der Waals surface area contributed by atoms with E-state index in [9.17, 15) is 18.0 Å². The molecule has 0 amide bonds. The number of thiophene rings is 1. The van der Waals surface area contributed by atoms with Crippen LogP contribution in [0.2, 0.25) is 0 Å². The summed E-state index contributed by atoms with van der Waals surface area (Å²) in [6.07, 6.45) is -2.66. The van der Waals surface area contributed by atoms with E-state index in [0.29, 0.717) is 13.0 Å². The maximum atomic E-state index is 12.1. The Morgan fingerprint density at radius 3 is 2.46 bits per heavy atom. The van der Waals surface area contributed by atoms with E-state index in [1.807, 2.05) is 12.1 Å². The van der Waals surface area contributed by atoms with Crippen LogP contribution >= 0.6 is 11.3 Å². The van der Waals surface area contributed by atoms with Crippen molar-refractivity contribution < 1.29 is 17.9 Å². The number of H-pyrrole nitrogens is 1. The van der Waals surface area contributed by atoms with Gasteiger partial charge in [-0.1, -0.05) is 12.1 Å². The van der Waals surface area contributed by atoms with Gasteiger partial charge in [0.15, 0.2) is 0 Å². The Kier molecular flexibility index (Phi) is 4.43. The van der Waals surface area contributed by atoms with E-state index >= 15 is 0 Å². The molecule has 2 heterocycles. The summed E-state index contributed by atoms with van der Waals surface area (Å²) in [5.41, 5.74) is 0.601. The van der Waals surface area contributed by atoms with Gasteiger partial charge >= 0.3 is 12.1 Å². The van der Waals surface area contributed by atoms with Gasteiger partial charge in [0.05, 0.1) is 6.54 Å². The number of aromatic amines is 1. The van der Waals surface area contributed by atoms with E-state index in [4.69, 9.17) is 0 Å². The van der Waals surface area contributed by atoms with Gasteiger partial charge in [0.1, 0.15) is 12.1 Å². The molecule has 1 N–H and O–H groups in total. The Morgan fingerprint density at radius 1 is 1.12 bits per heavy atom. The van der Waals surface area contributed by atoms with E-state index < -0.39 is 6.36 Å². The van der Waals surface area contributed by atoms with Gasteiger partial charge in [-0.15, -0.1) is 24.5 Å². The average Bonchev–Trinajstić information content (AvgIpc) is 3.10. The number of rotatable bonds is 5. The quantitative estimate of drug-likeness (QED) is 0.765. The number of nitrogens with one attached hydrogen (secondary N) is 1. The molecule has 0 aliphatic rings. The third-order valence-corrected chi connectivity index (χ3v) is 4.27. The van der Waals surface area contributed by atoms with E-state index in [0.717, 1.165) is 15.3 Å². The molecule has 1 aromatic carbocycles. The molecule has 0 radical (unpaired) electrons. The Bertz CT molecular complexity index is 865. The first-order chi connectivity index (χ1) is 11.4. The fourth-order valence-corrected chi connectivity index (χ4v) is 3.21. The number of nitrogens with zero attached hydrogens (tertiary/aromatic N) is 2. The molecule has 3 aromatic rings. The number of benzene rings is 1. The second-order valence-corrected chi connectivity index (χ2v) is 6.28. The summed E-state index contributed by atoms with van der Waals surface area (Å²) in [5.74, 6) is -0.238. The van der Waals surface area contributed by atoms with E-state index in [1.165, 1.54) is 34.4 Å². The lowest BCUT2D eigenvalue weighted by molar-refractivity contribution is -0.274. The minimum Gasteiger partial charge on any atom is -0.406 e. The van der Waals surface area contributed by atoms with Gasteiger partial charge in [-0.2, -0.15) is 5.10 Å². The van der Waals surface area contributed by atoms with Crippen molar-refractivity contribution in [1.82, 2.24) is 14.8 Å². The molecule has 0 unspecified atom stereocenters. The molecule has 24 heavy (non-hydrogen) atoms. The maximum absolute atomic E-state index is 12.1. The summed E-state index contributed by atoms with van der Waals surface area (Å²) < 4.78 is 41.7. The minimum absolute atomic E-state index is 0.238. The predicted octanol–water partition coefficient (Wildman–Crippen LogP) is 3.17. The molecule has 126 valence electrons. The lowest BCUT2D eigenvalue weighted by Gasteiger charge is -2.09. The second kappa shape index (κ2) is 6.52. The van der Waals surface area contributed by atoms with Crippen LogP contribution in [0.4, 0.5) is 13.2 Å². The van der Waals surface area contributed by atoms with E-state index in [2.05, 4.69) is 14.9 Å². The van der Waals surface area contributed by atoms with Gasteiger partial charge in [-0.3, -0.25) is 4.57 Å². The molecule has 0 atom stereocenters. The summed E-state index contributed by atoms with van der Waals surface area (Å²) in [4.78, 5) is 13.4. The Morgan fingerprint density at radius 2 is 1.83 bits per heavy atom. The molecular formula is C15H12F3N3O2S. The number of alkyl halides is 3. The Hall–Kier alpha value is -2.55. The van der Waals surface area contributed by atoms with Crippen molar-refractivity contribution in [3.8, 4) is 5.75 Å². The van der Waals surface area contributed by atoms with Crippen LogP contribution in [0.3, 0.4) is 0 Å². The highest BCUT2D eigenvalue weighted by atomic mass is 32.1. The maximum Gasteiger partial charge on any atom is 0.573 e. The molecule has 0 aliphatic heterocycles. The molecule has 5 nitrogen and oxygen atoms in total. The zero-order chi connectivity index (χ0) is 17.2. The van der Waals surface area contributed by atoms with Crippen molar-refractivity contribution in [2.24, 2.45) is 0 Å². The molecule has 0 fully saturated rings. The molecule has 9 heteroatoms. The van der Waals surface area contributed by atoms with Crippen LogP contribution in [0.25, 0.3) is 0 Å². The van der Waals surface area contributed by atoms with Crippen LogP contribution < -0.4 is 10.4 Å². The number of halogens is 3. The highest BCUT2D eigenvalue weighted by Crippen LogP contribution is 2.25. The predicted molar refractivity (Wildman–Crippen MR) is 82.2 cm³/mol. The zero-order valence-corrected chi connectivity index (χ0v) is 13.0. The SMILES string of the molecule is O=c1[nH]ncn1Cc1ccc(Cc2ccc(OC(F)(F)F)cc2)s1. The Labute approximate surface area is 138 Å². The summed E-state index contributed by atoms with van der Waals surface area (Å²) in [6.45, 7) is 0.429. The van der Waals surface area contributed by atoms with Crippen LogP contribution in [-0.4, -0.2) is 21.1 Å². The first kappa shape index (κ1) is 16.3. The summed E-state index contributed by atoms with van der Waals surface area (Å²) >= 11 is 1.54. The van der Waals surface area contributed by atoms with Gasteiger partial charge in [0.2, 0.25) is 0 Å². The van der Waals surface area contributed by atoms with Gasteiger partial charge < -0.3 is 4.74 Å². The first-order valence-electron chi connectivity index (χ1n) is 6.91.